The zero-order valence-electron chi connectivity index (χ0n) is 20.8. The van der Waals surface area contributed by atoms with E-state index in [2.05, 4.69) is 27.3 Å². The molecule has 4 rings (SSSR count). The van der Waals surface area contributed by atoms with Crippen molar-refractivity contribution in [2.24, 2.45) is 21.6 Å². The molecule has 2 aliphatic rings. The van der Waals surface area contributed by atoms with Gasteiger partial charge in [0, 0.05) is 43.3 Å². The number of halogens is 3. The van der Waals surface area contributed by atoms with Gasteiger partial charge in [0.25, 0.3) is 0 Å². The van der Waals surface area contributed by atoms with Crippen LogP contribution in [0.4, 0.5) is 30.6 Å². The van der Waals surface area contributed by atoms with E-state index in [1.807, 2.05) is 0 Å². The Bertz CT molecular complexity index is 1140. The van der Waals surface area contributed by atoms with Crippen molar-refractivity contribution in [3.8, 4) is 0 Å². The summed E-state index contributed by atoms with van der Waals surface area (Å²) >= 11 is 0. The molecule has 1 atom stereocenters. The van der Waals surface area contributed by atoms with Crippen LogP contribution >= 0.6 is 0 Å². The molecule has 0 radical (unpaired) electrons. The number of ether oxygens (including phenoxy) is 1. The molecule has 0 spiro atoms. The van der Waals surface area contributed by atoms with Crippen molar-refractivity contribution < 1.29 is 22.7 Å². The van der Waals surface area contributed by atoms with Crippen molar-refractivity contribution in [2.45, 2.75) is 64.0 Å². The van der Waals surface area contributed by atoms with E-state index < -0.39 is 23.1 Å². The monoisotopic (exact) mass is 519 g/mol. The molecule has 200 valence electrons. The quantitative estimate of drug-likeness (QED) is 0.386. The van der Waals surface area contributed by atoms with Crippen LogP contribution in [0.3, 0.4) is 0 Å². The van der Waals surface area contributed by atoms with E-state index in [4.69, 9.17) is 15.5 Å². The number of aliphatic imine (C=N–C) groups is 2. The molecule has 2 aromatic rings. The summed E-state index contributed by atoms with van der Waals surface area (Å²) in [5.74, 6) is -2.89. The number of nitrogens with zero attached hydrogens (tertiary/aromatic N) is 4. The van der Waals surface area contributed by atoms with E-state index in [1.54, 1.807) is 11.5 Å². The summed E-state index contributed by atoms with van der Waals surface area (Å²) in [5, 5.41) is 6.01. The summed E-state index contributed by atoms with van der Waals surface area (Å²) in [6.07, 6.45) is 4.88. The van der Waals surface area contributed by atoms with Crippen molar-refractivity contribution in [3.63, 3.8) is 0 Å². The number of anilines is 2. The first-order valence-corrected chi connectivity index (χ1v) is 12.5. The van der Waals surface area contributed by atoms with E-state index in [0.717, 1.165) is 19.3 Å². The predicted molar refractivity (Wildman–Crippen MR) is 135 cm³/mol. The van der Waals surface area contributed by atoms with Crippen molar-refractivity contribution in [2.75, 3.05) is 18.5 Å². The lowest BCUT2D eigenvalue weighted by Crippen LogP contribution is -2.34. The molecule has 1 unspecified atom stereocenters. The number of aromatic nitrogens is 2. The number of rotatable bonds is 6. The molecule has 1 aromatic heterocycles. The minimum Gasteiger partial charge on any atom is -0.381 e. The van der Waals surface area contributed by atoms with Crippen LogP contribution in [0.5, 0.6) is 0 Å². The van der Waals surface area contributed by atoms with Gasteiger partial charge in [-0.15, -0.1) is 0 Å². The minimum atomic E-state index is -1.09. The van der Waals surface area contributed by atoms with Crippen LogP contribution in [0.15, 0.2) is 22.1 Å². The second kappa shape index (κ2) is 11.8. The number of hydrogen-bond acceptors (Lipinski definition) is 5. The lowest BCUT2D eigenvalue weighted by Gasteiger charge is -2.29. The fraction of sp³-hybridized carbons (Fsp3) is 0.520. The Kier molecular flexibility index (Phi) is 8.47. The van der Waals surface area contributed by atoms with Crippen molar-refractivity contribution in [3.05, 3.63) is 35.3 Å². The third-order valence-corrected chi connectivity index (χ3v) is 6.91. The molecular weight excluding hydrogens is 487 g/mol. The van der Waals surface area contributed by atoms with Gasteiger partial charge in [-0.05, 0) is 58.6 Å². The topological polar surface area (TPSA) is 119 Å². The third-order valence-electron chi connectivity index (χ3n) is 6.91. The number of benzene rings is 1. The number of primary amides is 1. The van der Waals surface area contributed by atoms with Crippen molar-refractivity contribution in [1.29, 1.82) is 0 Å². The Morgan fingerprint density at radius 3 is 2.49 bits per heavy atom. The van der Waals surface area contributed by atoms with E-state index in [0.29, 0.717) is 68.5 Å². The van der Waals surface area contributed by atoms with E-state index in [-0.39, 0.29) is 29.9 Å². The first kappa shape index (κ1) is 26.6. The molecule has 4 N–H and O–H groups in total. The third kappa shape index (κ3) is 6.30. The minimum absolute atomic E-state index is 0.106. The number of guanidine groups is 1. The van der Waals surface area contributed by atoms with E-state index in [9.17, 15) is 18.0 Å². The average Bonchev–Trinajstić information content (AvgIpc) is 3.00. The number of hydrogen-bond donors (Lipinski definition) is 3. The van der Waals surface area contributed by atoms with E-state index in [1.165, 1.54) is 0 Å². The summed E-state index contributed by atoms with van der Waals surface area (Å²) in [6, 6.07) is 1.13. The smallest absolute Gasteiger partial charge is 0.224 e. The molecular formula is C25H32F3N7O2. The van der Waals surface area contributed by atoms with Crippen LogP contribution in [0.2, 0.25) is 0 Å². The summed E-state index contributed by atoms with van der Waals surface area (Å²) in [4.78, 5) is 25.0. The second-order valence-electron chi connectivity index (χ2n) is 9.47. The highest BCUT2D eigenvalue weighted by molar-refractivity contribution is 5.86. The fourth-order valence-corrected chi connectivity index (χ4v) is 4.94. The van der Waals surface area contributed by atoms with Crippen molar-refractivity contribution in [1.82, 2.24) is 14.9 Å². The number of carbonyl (C=O) groups is 1. The molecule has 1 aliphatic carbocycles. The SMILES string of the molecule is C=N/C(=N\c1c(C)nc(Nc2c(F)cc(F)cc2F)n1[C@H]1CC[C@@H](C(N)=O)CC1)NC1CCCOCC1. The first-order valence-electron chi connectivity index (χ1n) is 12.5. The summed E-state index contributed by atoms with van der Waals surface area (Å²) in [7, 11) is 0. The number of aryl methyl sites for hydroxylation is 1. The Labute approximate surface area is 213 Å². The van der Waals surface area contributed by atoms with Gasteiger partial charge in [0.05, 0.1) is 5.69 Å². The molecule has 2 fully saturated rings. The normalized spacial score (nSPS) is 22.8. The second-order valence-corrected chi connectivity index (χ2v) is 9.47. The van der Waals surface area contributed by atoms with Gasteiger partial charge in [-0.3, -0.25) is 9.36 Å². The molecule has 37 heavy (non-hydrogen) atoms. The average molecular weight is 520 g/mol. The number of nitrogens with one attached hydrogen (secondary N) is 2. The highest BCUT2D eigenvalue weighted by Crippen LogP contribution is 2.39. The summed E-state index contributed by atoms with van der Waals surface area (Å²) in [6.45, 7) is 6.71. The van der Waals surface area contributed by atoms with Crippen LogP contribution in [0, 0.1) is 30.3 Å². The van der Waals surface area contributed by atoms with E-state index >= 15 is 0 Å². The number of amides is 1. The molecule has 1 aliphatic heterocycles. The molecule has 1 saturated carbocycles. The molecule has 0 bridgehead atoms. The maximum atomic E-state index is 14.5. The van der Waals surface area contributed by atoms with Gasteiger partial charge in [0.1, 0.15) is 11.5 Å². The lowest BCUT2D eigenvalue weighted by molar-refractivity contribution is -0.122. The number of carbonyl (C=O) groups excluding carboxylic acids is 1. The highest BCUT2D eigenvalue weighted by Gasteiger charge is 2.30. The summed E-state index contributed by atoms with van der Waals surface area (Å²) in [5.41, 5.74) is 5.48. The van der Waals surface area contributed by atoms with Gasteiger partial charge < -0.3 is 21.1 Å². The van der Waals surface area contributed by atoms with Gasteiger partial charge in [0.15, 0.2) is 17.5 Å². The van der Waals surface area contributed by atoms with Crippen LogP contribution in [-0.4, -0.2) is 47.4 Å². The maximum Gasteiger partial charge on any atom is 0.224 e. The Hall–Kier alpha value is -3.41. The van der Waals surface area contributed by atoms with Crippen LogP contribution in [0.1, 0.15) is 56.7 Å². The number of nitrogens with two attached hydrogens (primary N) is 1. The molecule has 1 saturated heterocycles. The Morgan fingerprint density at radius 1 is 1.14 bits per heavy atom. The summed E-state index contributed by atoms with van der Waals surface area (Å²) < 4.78 is 49.7. The lowest BCUT2D eigenvalue weighted by atomic mass is 9.85. The predicted octanol–water partition coefficient (Wildman–Crippen LogP) is 4.42. The standard InChI is InChI=1S/C25H32F3N7O2/c1-14-23(34-24(30-2)32-17-4-3-10-37-11-9-17)35(18-7-5-15(6-8-18)22(29)36)25(31-14)33-21-19(27)12-16(26)13-20(21)28/h12-13,15,17-18H,2-11H2,1H3,(H2,29,36)(H,31,33)(H,32,34)/t15-,17?,18+. The molecule has 1 amide bonds. The van der Waals surface area contributed by atoms with Gasteiger partial charge in [-0.1, -0.05) is 0 Å². The van der Waals surface area contributed by atoms with Crippen LogP contribution in [-0.2, 0) is 9.53 Å². The largest absolute Gasteiger partial charge is 0.381 e. The van der Waals surface area contributed by atoms with Gasteiger partial charge in [-0.2, -0.15) is 4.99 Å². The number of imidazole rings is 1. The zero-order chi connectivity index (χ0) is 26.5. The van der Waals surface area contributed by atoms with Crippen molar-refractivity contribution >= 4 is 36.0 Å². The van der Waals surface area contributed by atoms with Gasteiger partial charge >= 0.3 is 0 Å². The highest BCUT2D eigenvalue weighted by atomic mass is 19.1. The van der Waals surface area contributed by atoms with Crippen LogP contribution in [0.25, 0.3) is 0 Å². The first-order chi connectivity index (χ1) is 17.8. The van der Waals surface area contributed by atoms with Crippen LogP contribution < -0.4 is 16.4 Å². The van der Waals surface area contributed by atoms with Gasteiger partial charge in [-0.25, -0.2) is 23.1 Å². The molecule has 9 nitrogen and oxygen atoms in total. The Morgan fingerprint density at radius 2 is 1.84 bits per heavy atom. The molecule has 2 heterocycles. The fourth-order valence-electron chi connectivity index (χ4n) is 4.94. The van der Waals surface area contributed by atoms with Gasteiger partial charge in [0.2, 0.25) is 17.8 Å². The molecule has 1 aromatic carbocycles. The molecule has 12 heteroatoms. The zero-order valence-corrected chi connectivity index (χ0v) is 20.8. The maximum absolute atomic E-state index is 14.5. The Balaban J connectivity index is 1.71.